The second-order valence-electron chi connectivity index (χ2n) is 6.93. The third kappa shape index (κ3) is 4.94. The minimum Gasteiger partial charge on any atom is -0.364 e. The van der Waals surface area contributed by atoms with E-state index in [9.17, 15) is 4.79 Å². The molecular formula is C23H25N3O. The summed E-state index contributed by atoms with van der Waals surface area (Å²) in [7, 11) is 0. The zero-order chi connectivity index (χ0) is 19.2. The summed E-state index contributed by atoms with van der Waals surface area (Å²) in [5.41, 5.74) is 4.57. The second-order valence-corrected chi connectivity index (χ2v) is 6.93. The van der Waals surface area contributed by atoms with Gasteiger partial charge in [-0.2, -0.15) is 0 Å². The predicted molar refractivity (Wildman–Crippen MR) is 111 cm³/mol. The van der Waals surface area contributed by atoms with Gasteiger partial charge < -0.3 is 10.2 Å². The van der Waals surface area contributed by atoms with E-state index in [-0.39, 0.29) is 5.91 Å². The molecule has 0 radical (unpaired) electrons. The SMILES string of the molecule is Cc1ccc(NC(=O)c2ccc(N(Cc3ccccc3)C(C)C)cn2)cc1. The summed E-state index contributed by atoms with van der Waals surface area (Å²) in [5, 5.41) is 2.88. The van der Waals surface area contributed by atoms with Gasteiger partial charge in [-0.25, -0.2) is 4.98 Å². The van der Waals surface area contributed by atoms with Crippen molar-refractivity contribution in [1.29, 1.82) is 0 Å². The highest BCUT2D eigenvalue weighted by atomic mass is 16.1. The predicted octanol–water partition coefficient (Wildman–Crippen LogP) is 5.06. The number of aromatic nitrogens is 1. The van der Waals surface area contributed by atoms with Crippen molar-refractivity contribution in [3.63, 3.8) is 0 Å². The van der Waals surface area contributed by atoms with Gasteiger partial charge in [-0.3, -0.25) is 4.79 Å². The Morgan fingerprint density at radius 3 is 2.30 bits per heavy atom. The van der Waals surface area contributed by atoms with Gasteiger partial charge in [-0.15, -0.1) is 0 Å². The lowest BCUT2D eigenvalue weighted by Gasteiger charge is -2.29. The first-order valence-corrected chi connectivity index (χ1v) is 9.17. The number of hydrogen-bond acceptors (Lipinski definition) is 3. The molecule has 3 aromatic rings. The lowest BCUT2D eigenvalue weighted by Crippen LogP contribution is -2.30. The highest BCUT2D eigenvalue weighted by Gasteiger charge is 2.14. The lowest BCUT2D eigenvalue weighted by atomic mass is 10.1. The van der Waals surface area contributed by atoms with Crippen LogP contribution >= 0.6 is 0 Å². The molecule has 0 saturated heterocycles. The molecule has 0 unspecified atom stereocenters. The van der Waals surface area contributed by atoms with E-state index in [0.717, 1.165) is 23.5 Å². The van der Waals surface area contributed by atoms with Crippen molar-refractivity contribution in [2.45, 2.75) is 33.4 Å². The van der Waals surface area contributed by atoms with Crippen LogP contribution in [0.25, 0.3) is 0 Å². The summed E-state index contributed by atoms with van der Waals surface area (Å²) in [6.45, 7) is 7.12. The van der Waals surface area contributed by atoms with E-state index < -0.39 is 0 Å². The van der Waals surface area contributed by atoms with Crippen LogP contribution in [-0.2, 0) is 6.54 Å². The maximum absolute atomic E-state index is 12.4. The van der Waals surface area contributed by atoms with Gasteiger partial charge >= 0.3 is 0 Å². The van der Waals surface area contributed by atoms with Crippen LogP contribution in [0.1, 0.15) is 35.5 Å². The first-order chi connectivity index (χ1) is 13.0. The van der Waals surface area contributed by atoms with E-state index in [1.165, 1.54) is 5.56 Å². The van der Waals surface area contributed by atoms with Crippen molar-refractivity contribution >= 4 is 17.3 Å². The Balaban J connectivity index is 1.72. The van der Waals surface area contributed by atoms with Crippen molar-refractivity contribution in [3.05, 3.63) is 89.7 Å². The molecule has 0 aliphatic carbocycles. The Labute approximate surface area is 160 Å². The van der Waals surface area contributed by atoms with Gasteiger partial charge in [-0.05, 0) is 50.6 Å². The number of hydrogen-bond donors (Lipinski definition) is 1. The number of aryl methyl sites for hydroxylation is 1. The number of anilines is 2. The van der Waals surface area contributed by atoms with Gasteiger partial charge in [-0.1, -0.05) is 48.0 Å². The highest BCUT2D eigenvalue weighted by molar-refractivity contribution is 6.02. The van der Waals surface area contributed by atoms with Crippen LogP contribution in [-0.4, -0.2) is 16.9 Å². The molecule has 0 aliphatic rings. The fraction of sp³-hybridized carbons (Fsp3) is 0.217. The summed E-state index contributed by atoms with van der Waals surface area (Å²) >= 11 is 0. The van der Waals surface area contributed by atoms with E-state index in [2.05, 4.69) is 41.2 Å². The minimum atomic E-state index is -0.204. The summed E-state index contributed by atoms with van der Waals surface area (Å²) in [6.07, 6.45) is 1.77. The van der Waals surface area contributed by atoms with Gasteiger partial charge in [0.25, 0.3) is 5.91 Å². The zero-order valence-corrected chi connectivity index (χ0v) is 16.0. The van der Waals surface area contributed by atoms with Crippen molar-refractivity contribution in [2.24, 2.45) is 0 Å². The van der Waals surface area contributed by atoms with Gasteiger partial charge in [0.1, 0.15) is 5.69 Å². The Kier molecular flexibility index (Phi) is 5.87. The molecule has 1 amide bonds. The molecular weight excluding hydrogens is 334 g/mol. The van der Waals surface area contributed by atoms with Crippen LogP contribution in [0.3, 0.4) is 0 Å². The molecule has 0 fully saturated rings. The molecule has 0 atom stereocenters. The maximum Gasteiger partial charge on any atom is 0.274 e. The quantitative estimate of drug-likeness (QED) is 0.669. The molecule has 0 spiro atoms. The standard InChI is InChI=1S/C23H25N3O/c1-17(2)26(16-19-7-5-4-6-8-19)21-13-14-22(24-15-21)23(27)25-20-11-9-18(3)10-12-20/h4-15,17H,16H2,1-3H3,(H,25,27). The van der Waals surface area contributed by atoms with E-state index in [1.54, 1.807) is 12.3 Å². The maximum atomic E-state index is 12.4. The van der Waals surface area contributed by atoms with Gasteiger partial charge in [0.05, 0.1) is 11.9 Å². The van der Waals surface area contributed by atoms with Crippen LogP contribution in [0.2, 0.25) is 0 Å². The molecule has 2 aromatic carbocycles. The van der Waals surface area contributed by atoms with E-state index in [0.29, 0.717) is 11.7 Å². The van der Waals surface area contributed by atoms with Crippen LogP contribution in [0, 0.1) is 6.92 Å². The van der Waals surface area contributed by atoms with Gasteiger partial charge in [0, 0.05) is 18.3 Å². The van der Waals surface area contributed by atoms with Crippen molar-refractivity contribution < 1.29 is 4.79 Å². The third-order valence-corrected chi connectivity index (χ3v) is 4.44. The minimum absolute atomic E-state index is 0.204. The Morgan fingerprint density at radius 2 is 1.70 bits per heavy atom. The molecule has 0 aliphatic heterocycles. The number of benzene rings is 2. The number of nitrogens with zero attached hydrogens (tertiary/aromatic N) is 2. The molecule has 4 nitrogen and oxygen atoms in total. The first-order valence-electron chi connectivity index (χ1n) is 9.17. The molecule has 4 heteroatoms. The van der Waals surface area contributed by atoms with E-state index in [4.69, 9.17) is 0 Å². The monoisotopic (exact) mass is 359 g/mol. The summed E-state index contributed by atoms with van der Waals surface area (Å²) in [6, 6.07) is 22.1. The van der Waals surface area contributed by atoms with Crippen LogP contribution in [0.4, 0.5) is 11.4 Å². The molecule has 27 heavy (non-hydrogen) atoms. The average Bonchev–Trinajstić information content (AvgIpc) is 2.68. The largest absolute Gasteiger partial charge is 0.364 e. The van der Waals surface area contributed by atoms with E-state index >= 15 is 0 Å². The van der Waals surface area contributed by atoms with E-state index in [1.807, 2.05) is 55.5 Å². The fourth-order valence-corrected chi connectivity index (χ4v) is 2.87. The molecule has 0 saturated carbocycles. The number of pyridine rings is 1. The number of carbonyl (C=O) groups excluding carboxylic acids is 1. The number of carbonyl (C=O) groups is 1. The second kappa shape index (κ2) is 8.49. The molecule has 138 valence electrons. The Hall–Kier alpha value is -3.14. The first kappa shape index (κ1) is 18.6. The smallest absolute Gasteiger partial charge is 0.274 e. The molecule has 3 rings (SSSR count). The lowest BCUT2D eigenvalue weighted by molar-refractivity contribution is 0.102. The molecule has 0 bridgehead atoms. The normalized spacial score (nSPS) is 10.7. The summed E-state index contributed by atoms with van der Waals surface area (Å²) in [5.74, 6) is -0.204. The molecule has 1 heterocycles. The van der Waals surface area contributed by atoms with Crippen LogP contribution in [0.15, 0.2) is 72.9 Å². The van der Waals surface area contributed by atoms with Crippen molar-refractivity contribution in [1.82, 2.24) is 4.98 Å². The van der Waals surface area contributed by atoms with Crippen molar-refractivity contribution in [2.75, 3.05) is 10.2 Å². The third-order valence-electron chi connectivity index (χ3n) is 4.44. The van der Waals surface area contributed by atoms with Crippen molar-refractivity contribution in [3.8, 4) is 0 Å². The van der Waals surface area contributed by atoms with Gasteiger partial charge in [0.2, 0.25) is 0 Å². The summed E-state index contributed by atoms with van der Waals surface area (Å²) in [4.78, 5) is 19.1. The number of nitrogens with one attached hydrogen (secondary N) is 1. The fourth-order valence-electron chi connectivity index (χ4n) is 2.87. The topological polar surface area (TPSA) is 45.2 Å². The molecule has 1 N–H and O–H groups in total. The van der Waals surface area contributed by atoms with Crippen LogP contribution < -0.4 is 10.2 Å². The average molecular weight is 359 g/mol. The highest BCUT2D eigenvalue weighted by Crippen LogP contribution is 2.20. The number of amides is 1. The Morgan fingerprint density at radius 1 is 1.00 bits per heavy atom. The zero-order valence-electron chi connectivity index (χ0n) is 16.0. The number of rotatable bonds is 6. The van der Waals surface area contributed by atoms with Gasteiger partial charge in [0.15, 0.2) is 0 Å². The molecule has 1 aromatic heterocycles. The van der Waals surface area contributed by atoms with Crippen LogP contribution in [0.5, 0.6) is 0 Å². The summed E-state index contributed by atoms with van der Waals surface area (Å²) < 4.78 is 0. The Bertz CT molecular complexity index is 872.